The third kappa shape index (κ3) is 3.11. The minimum absolute atomic E-state index is 0.521. The van der Waals surface area contributed by atoms with E-state index in [1.165, 1.54) is 23.9 Å². The topological polar surface area (TPSA) is 0 Å². The average molecular weight is 253 g/mol. The third-order valence-electron chi connectivity index (χ3n) is 1.18. The van der Waals surface area contributed by atoms with E-state index in [0.29, 0.717) is 4.90 Å². The molecule has 1 aromatic rings. The van der Waals surface area contributed by atoms with Crippen molar-refractivity contribution < 1.29 is 8.78 Å². The highest BCUT2D eigenvalue weighted by molar-refractivity contribution is 9.09. The Kier molecular flexibility index (Phi) is 4.01. The molecule has 66 valence electrons. The van der Waals surface area contributed by atoms with Gasteiger partial charge in [0.25, 0.3) is 0 Å². The maximum atomic E-state index is 12.6. The van der Waals surface area contributed by atoms with Crippen molar-refractivity contribution in [3.05, 3.63) is 29.8 Å². The van der Waals surface area contributed by atoms with Crippen molar-refractivity contribution in [1.29, 1.82) is 0 Å². The summed E-state index contributed by atoms with van der Waals surface area (Å²) < 4.78 is 25.2. The van der Waals surface area contributed by atoms with E-state index < -0.39 is 11.6 Å². The Labute approximate surface area is 82.5 Å². The predicted molar refractivity (Wildman–Crippen MR) is 50.9 cm³/mol. The molecular weight excluding hydrogens is 246 g/mol. The van der Waals surface area contributed by atoms with Gasteiger partial charge in [0.2, 0.25) is 0 Å². The van der Waals surface area contributed by atoms with Gasteiger partial charge < -0.3 is 0 Å². The van der Waals surface area contributed by atoms with Crippen LogP contribution < -0.4 is 0 Å². The highest BCUT2D eigenvalue weighted by atomic mass is 79.9. The molecule has 0 unspecified atom stereocenters. The van der Waals surface area contributed by atoms with E-state index in [0.717, 1.165) is 17.1 Å². The normalized spacial score (nSPS) is 10.2. The fourth-order valence-corrected chi connectivity index (χ4v) is 1.96. The van der Waals surface area contributed by atoms with E-state index in [1.807, 2.05) is 0 Å². The molecule has 0 aliphatic rings. The number of hydrogen-bond donors (Lipinski definition) is 0. The fourth-order valence-electron chi connectivity index (χ4n) is 0.768. The SMILES string of the molecule is Fc1cc(F)cc(SCCBr)c1. The highest BCUT2D eigenvalue weighted by Gasteiger charge is 1.99. The Morgan fingerprint density at radius 2 is 1.75 bits per heavy atom. The van der Waals surface area contributed by atoms with Crippen molar-refractivity contribution in [2.45, 2.75) is 4.90 Å². The highest BCUT2D eigenvalue weighted by Crippen LogP contribution is 2.20. The van der Waals surface area contributed by atoms with Crippen LogP contribution in [-0.2, 0) is 0 Å². The van der Waals surface area contributed by atoms with E-state index in [-0.39, 0.29) is 0 Å². The average Bonchev–Trinajstić information content (AvgIpc) is 1.99. The molecule has 1 rings (SSSR count). The lowest BCUT2D eigenvalue weighted by Gasteiger charge is -1.99. The second kappa shape index (κ2) is 4.82. The van der Waals surface area contributed by atoms with Gasteiger partial charge in [0.15, 0.2) is 0 Å². The molecule has 0 atom stereocenters. The largest absolute Gasteiger partial charge is 0.207 e. The summed E-state index contributed by atoms with van der Waals surface area (Å²) >= 11 is 4.66. The summed E-state index contributed by atoms with van der Waals surface area (Å²) in [7, 11) is 0. The van der Waals surface area contributed by atoms with E-state index in [1.54, 1.807) is 0 Å². The molecule has 0 amide bonds. The number of thioether (sulfide) groups is 1. The molecular formula is C8H7BrF2S. The summed E-state index contributed by atoms with van der Waals surface area (Å²) in [5, 5.41) is 0.815. The number of rotatable bonds is 3. The molecule has 0 bridgehead atoms. The van der Waals surface area contributed by atoms with Crippen LogP contribution in [0.5, 0.6) is 0 Å². The summed E-state index contributed by atoms with van der Waals surface area (Å²) in [5.41, 5.74) is 0. The summed E-state index contributed by atoms with van der Waals surface area (Å²) in [6.45, 7) is 0. The molecule has 0 saturated heterocycles. The molecule has 0 aromatic heterocycles. The molecule has 0 heterocycles. The Morgan fingerprint density at radius 3 is 2.25 bits per heavy atom. The van der Waals surface area contributed by atoms with Crippen LogP contribution in [0.15, 0.2) is 23.1 Å². The van der Waals surface area contributed by atoms with Gasteiger partial charge in [-0.1, -0.05) is 15.9 Å². The molecule has 0 nitrogen and oxygen atoms in total. The zero-order chi connectivity index (χ0) is 8.97. The summed E-state index contributed by atoms with van der Waals surface area (Å²) in [6.07, 6.45) is 0. The van der Waals surface area contributed by atoms with Crippen molar-refractivity contribution in [1.82, 2.24) is 0 Å². The van der Waals surface area contributed by atoms with Crippen LogP contribution >= 0.6 is 27.7 Å². The molecule has 0 N–H and O–H groups in total. The lowest BCUT2D eigenvalue weighted by atomic mass is 10.3. The van der Waals surface area contributed by atoms with Crippen molar-refractivity contribution in [2.24, 2.45) is 0 Å². The minimum atomic E-state index is -0.521. The summed E-state index contributed by atoms with van der Waals surface area (Å²) in [5.74, 6) is -0.234. The molecule has 12 heavy (non-hydrogen) atoms. The molecule has 0 saturated carbocycles. The van der Waals surface area contributed by atoms with Gasteiger partial charge in [-0.25, -0.2) is 8.78 Å². The second-order valence-corrected chi connectivity index (χ2v) is 4.10. The third-order valence-corrected chi connectivity index (χ3v) is 3.08. The summed E-state index contributed by atoms with van der Waals surface area (Å²) in [6, 6.07) is 3.53. The first kappa shape index (κ1) is 9.99. The smallest absolute Gasteiger partial charge is 0.127 e. The van der Waals surface area contributed by atoms with Gasteiger partial charge in [0.1, 0.15) is 11.6 Å². The van der Waals surface area contributed by atoms with Gasteiger partial charge in [-0.3, -0.25) is 0 Å². The standard InChI is InChI=1S/C8H7BrF2S/c9-1-2-12-8-4-6(10)3-7(11)5-8/h3-5H,1-2H2. The van der Waals surface area contributed by atoms with E-state index in [9.17, 15) is 8.78 Å². The quantitative estimate of drug-likeness (QED) is 0.587. The number of hydrogen-bond acceptors (Lipinski definition) is 1. The first-order chi connectivity index (χ1) is 5.72. The Bertz CT molecular complexity index is 245. The lowest BCUT2D eigenvalue weighted by Crippen LogP contribution is -1.83. The number of benzene rings is 1. The summed E-state index contributed by atoms with van der Waals surface area (Å²) in [4.78, 5) is 0.631. The van der Waals surface area contributed by atoms with Crippen LogP contribution in [0, 0.1) is 11.6 Å². The van der Waals surface area contributed by atoms with Gasteiger partial charge >= 0.3 is 0 Å². The van der Waals surface area contributed by atoms with Crippen LogP contribution in [0.1, 0.15) is 0 Å². The van der Waals surface area contributed by atoms with Gasteiger partial charge in [0.05, 0.1) is 0 Å². The zero-order valence-corrected chi connectivity index (χ0v) is 8.59. The van der Waals surface area contributed by atoms with Crippen LogP contribution in [0.2, 0.25) is 0 Å². The molecule has 1 aromatic carbocycles. The zero-order valence-electron chi connectivity index (χ0n) is 6.19. The maximum Gasteiger partial charge on any atom is 0.127 e. The van der Waals surface area contributed by atoms with Gasteiger partial charge in [0, 0.05) is 22.0 Å². The predicted octanol–water partition coefficient (Wildman–Crippen LogP) is 3.45. The van der Waals surface area contributed by atoms with Gasteiger partial charge in [-0.2, -0.15) is 0 Å². The molecule has 4 heteroatoms. The van der Waals surface area contributed by atoms with E-state index in [4.69, 9.17) is 0 Å². The van der Waals surface area contributed by atoms with Crippen molar-refractivity contribution in [2.75, 3.05) is 11.1 Å². The van der Waals surface area contributed by atoms with E-state index in [2.05, 4.69) is 15.9 Å². The minimum Gasteiger partial charge on any atom is -0.207 e. The Balaban J connectivity index is 2.72. The van der Waals surface area contributed by atoms with Crippen molar-refractivity contribution in [3.8, 4) is 0 Å². The van der Waals surface area contributed by atoms with Crippen molar-refractivity contribution >= 4 is 27.7 Å². The molecule has 0 spiro atoms. The lowest BCUT2D eigenvalue weighted by molar-refractivity contribution is 0.577. The molecule has 0 fully saturated rings. The van der Waals surface area contributed by atoms with Gasteiger partial charge in [-0.05, 0) is 12.1 Å². The number of alkyl halides is 1. The fraction of sp³-hybridized carbons (Fsp3) is 0.250. The Hall–Kier alpha value is -0.0900. The maximum absolute atomic E-state index is 12.6. The van der Waals surface area contributed by atoms with Gasteiger partial charge in [-0.15, -0.1) is 11.8 Å². The monoisotopic (exact) mass is 252 g/mol. The molecule has 0 aliphatic heterocycles. The number of halogens is 3. The molecule has 0 radical (unpaired) electrons. The van der Waals surface area contributed by atoms with Crippen LogP contribution in [-0.4, -0.2) is 11.1 Å². The second-order valence-electron chi connectivity index (χ2n) is 2.14. The first-order valence-electron chi connectivity index (χ1n) is 3.37. The first-order valence-corrected chi connectivity index (χ1v) is 5.48. The van der Waals surface area contributed by atoms with Crippen LogP contribution in [0.4, 0.5) is 8.78 Å². The van der Waals surface area contributed by atoms with Crippen LogP contribution in [0.3, 0.4) is 0 Å². The van der Waals surface area contributed by atoms with Crippen molar-refractivity contribution in [3.63, 3.8) is 0 Å². The molecule has 0 aliphatic carbocycles. The Morgan fingerprint density at radius 1 is 1.17 bits per heavy atom. The van der Waals surface area contributed by atoms with Crippen LogP contribution in [0.25, 0.3) is 0 Å². The van der Waals surface area contributed by atoms with E-state index >= 15 is 0 Å².